The summed E-state index contributed by atoms with van der Waals surface area (Å²) in [4.78, 5) is 12.1. The highest BCUT2D eigenvalue weighted by Crippen LogP contribution is 2.29. The molecule has 0 atom stereocenters. The molecule has 0 aliphatic heterocycles. The Morgan fingerprint density at radius 1 is 0.903 bits per heavy atom. The molecule has 0 radical (unpaired) electrons. The van der Waals surface area contributed by atoms with Crippen molar-refractivity contribution in [2.45, 2.75) is 4.90 Å². The van der Waals surface area contributed by atoms with Crippen LogP contribution in [0.3, 0.4) is 0 Å². The molecular weight excluding hydrogens is 506 g/mol. The average Bonchev–Trinajstić information content (AvgIpc) is 2.69. The van der Waals surface area contributed by atoms with Crippen molar-refractivity contribution in [1.29, 1.82) is 0 Å². The fourth-order valence-corrected chi connectivity index (χ4v) is 4.39. The van der Waals surface area contributed by atoms with Crippen LogP contribution in [-0.2, 0) is 14.8 Å². The minimum Gasteiger partial charge on any atom is -0.484 e. The van der Waals surface area contributed by atoms with Crippen molar-refractivity contribution < 1.29 is 17.9 Å². The second kappa shape index (κ2) is 9.97. The first-order chi connectivity index (χ1) is 14.6. The molecule has 0 saturated heterocycles. The van der Waals surface area contributed by atoms with Crippen molar-refractivity contribution in [2.24, 2.45) is 0 Å². The predicted octanol–water partition coefficient (Wildman–Crippen LogP) is 6.12. The van der Waals surface area contributed by atoms with Gasteiger partial charge < -0.3 is 10.1 Å². The van der Waals surface area contributed by atoms with Crippen LogP contribution in [0, 0.1) is 0 Å². The first kappa shape index (κ1) is 23.5. The Labute approximate surface area is 199 Å². The molecule has 162 valence electrons. The van der Waals surface area contributed by atoms with Gasteiger partial charge in [-0.25, -0.2) is 8.42 Å². The van der Waals surface area contributed by atoms with Gasteiger partial charge >= 0.3 is 0 Å². The minimum absolute atomic E-state index is 0.00823. The predicted molar refractivity (Wildman–Crippen MR) is 124 cm³/mol. The van der Waals surface area contributed by atoms with Gasteiger partial charge in [0.2, 0.25) is 0 Å². The van der Waals surface area contributed by atoms with Crippen LogP contribution in [-0.4, -0.2) is 20.9 Å². The zero-order valence-corrected chi connectivity index (χ0v) is 19.4. The van der Waals surface area contributed by atoms with Crippen molar-refractivity contribution in [3.05, 3.63) is 80.8 Å². The zero-order valence-electron chi connectivity index (χ0n) is 15.5. The third-order valence-electron chi connectivity index (χ3n) is 3.84. The molecule has 0 spiro atoms. The molecule has 3 rings (SSSR count). The molecule has 3 aromatic rings. The largest absolute Gasteiger partial charge is 0.484 e. The van der Waals surface area contributed by atoms with Crippen molar-refractivity contribution >= 4 is 73.7 Å². The maximum Gasteiger partial charge on any atom is 0.262 e. The average molecular weight is 520 g/mol. The SMILES string of the molecule is O=C(COc1ccc(S(=O)(=O)Nc2cc(Cl)cc(Cl)c2)cc1)Nc1cccc(Cl)c1Cl. The number of carbonyl (C=O) groups excluding carboxylic acids is 1. The van der Waals surface area contributed by atoms with Gasteiger partial charge in [0.05, 0.1) is 26.3 Å². The summed E-state index contributed by atoms with van der Waals surface area (Å²) in [5.74, 6) is -0.155. The molecule has 2 N–H and O–H groups in total. The number of ether oxygens (including phenoxy) is 1. The molecule has 0 aromatic heterocycles. The Hall–Kier alpha value is -2.16. The van der Waals surface area contributed by atoms with E-state index in [1.165, 1.54) is 42.5 Å². The molecule has 0 saturated carbocycles. The Morgan fingerprint density at radius 3 is 2.19 bits per heavy atom. The van der Waals surface area contributed by atoms with E-state index in [1.807, 2.05) is 0 Å². The number of halogens is 4. The number of amides is 1. The second-order valence-corrected chi connectivity index (χ2v) is 9.51. The number of benzene rings is 3. The number of anilines is 2. The number of carbonyl (C=O) groups is 1. The lowest BCUT2D eigenvalue weighted by atomic mass is 10.3. The van der Waals surface area contributed by atoms with E-state index < -0.39 is 15.9 Å². The van der Waals surface area contributed by atoms with Crippen LogP contribution in [0.4, 0.5) is 11.4 Å². The van der Waals surface area contributed by atoms with Crippen molar-refractivity contribution in [3.8, 4) is 5.75 Å². The van der Waals surface area contributed by atoms with Gasteiger partial charge in [0.1, 0.15) is 5.75 Å². The Balaban J connectivity index is 1.61. The maximum absolute atomic E-state index is 12.5. The molecular formula is C20H14Cl4N2O4S. The highest BCUT2D eigenvalue weighted by atomic mass is 35.5. The fraction of sp³-hybridized carbons (Fsp3) is 0.0500. The highest BCUT2D eigenvalue weighted by molar-refractivity contribution is 7.92. The summed E-state index contributed by atoms with van der Waals surface area (Å²) in [6, 6.07) is 14.8. The summed E-state index contributed by atoms with van der Waals surface area (Å²) in [5, 5.41) is 3.71. The van der Waals surface area contributed by atoms with E-state index in [-0.39, 0.29) is 22.2 Å². The molecule has 0 bridgehead atoms. The van der Waals surface area contributed by atoms with E-state index >= 15 is 0 Å². The Kier molecular flexibility index (Phi) is 7.56. The number of rotatable bonds is 7. The van der Waals surface area contributed by atoms with Crippen molar-refractivity contribution in [2.75, 3.05) is 16.6 Å². The van der Waals surface area contributed by atoms with Gasteiger partial charge in [0.25, 0.3) is 15.9 Å². The molecule has 0 fully saturated rings. The van der Waals surface area contributed by atoms with Crippen LogP contribution in [0.5, 0.6) is 5.75 Å². The second-order valence-electron chi connectivity index (χ2n) is 6.17. The summed E-state index contributed by atoms with van der Waals surface area (Å²) < 4.78 is 32.9. The van der Waals surface area contributed by atoms with Crippen molar-refractivity contribution in [1.82, 2.24) is 0 Å². The zero-order chi connectivity index (χ0) is 22.6. The molecule has 3 aromatic carbocycles. The van der Waals surface area contributed by atoms with Gasteiger partial charge in [-0.15, -0.1) is 0 Å². The number of sulfonamides is 1. The summed E-state index contributed by atoms with van der Waals surface area (Å²) >= 11 is 23.7. The van der Waals surface area contributed by atoms with Crippen molar-refractivity contribution in [3.63, 3.8) is 0 Å². The summed E-state index contributed by atoms with van der Waals surface area (Å²) in [7, 11) is -3.87. The number of hydrogen-bond acceptors (Lipinski definition) is 4. The molecule has 0 heterocycles. The van der Waals surface area contributed by atoms with Gasteiger partial charge in [-0.3, -0.25) is 9.52 Å². The van der Waals surface area contributed by atoms with E-state index in [0.29, 0.717) is 26.5 Å². The summed E-state index contributed by atoms with van der Waals surface area (Å²) in [5.41, 5.74) is 0.588. The summed E-state index contributed by atoms with van der Waals surface area (Å²) in [6.45, 7) is -0.311. The molecule has 0 aliphatic rings. The summed E-state index contributed by atoms with van der Waals surface area (Å²) in [6.07, 6.45) is 0. The lowest BCUT2D eigenvalue weighted by Crippen LogP contribution is -2.20. The van der Waals surface area contributed by atoms with Crippen LogP contribution in [0.2, 0.25) is 20.1 Å². The molecule has 0 unspecified atom stereocenters. The Bertz CT molecular complexity index is 1200. The monoisotopic (exact) mass is 518 g/mol. The van der Waals surface area contributed by atoms with Gasteiger partial charge in [-0.1, -0.05) is 52.5 Å². The van der Waals surface area contributed by atoms with Gasteiger partial charge in [0.15, 0.2) is 6.61 Å². The van der Waals surface area contributed by atoms with Crippen LogP contribution in [0.1, 0.15) is 0 Å². The quantitative estimate of drug-likeness (QED) is 0.394. The van der Waals surface area contributed by atoms with E-state index in [4.69, 9.17) is 51.1 Å². The lowest BCUT2D eigenvalue weighted by Gasteiger charge is -2.11. The molecule has 6 nitrogen and oxygen atoms in total. The Morgan fingerprint density at radius 2 is 1.55 bits per heavy atom. The standard InChI is InChI=1S/C20H14Cl4N2O4S/c21-12-8-13(22)10-14(9-12)26-31(28,29)16-6-4-15(5-7-16)30-11-19(27)25-18-3-1-2-17(23)20(18)24/h1-10,26H,11H2,(H,25,27). The van der Waals surface area contributed by atoms with Gasteiger partial charge in [0, 0.05) is 10.0 Å². The minimum atomic E-state index is -3.87. The smallest absolute Gasteiger partial charge is 0.262 e. The third kappa shape index (κ3) is 6.41. The van der Waals surface area contributed by atoms with Gasteiger partial charge in [-0.2, -0.15) is 0 Å². The van der Waals surface area contributed by atoms with Crippen LogP contribution < -0.4 is 14.8 Å². The lowest BCUT2D eigenvalue weighted by molar-refractivity contribution is -0.118. The molecule has 11 heteroatoms. The third-order valence-corrected chi connectivity index (χ3v) is 6.50. The van der Waals surface area contributed by atoms with E-state index in [0.717, 1.165) is 0 Å². The number of hydrogen-bond donors (Lipinski definition) is 2. The highest BCUT2D eigenvalue weighted by Gasteiger charge is 2.15. The molecule has 0 aliphatic carbocycles. The molecule has 1 amide bonds. The van der Waals surface area contributed by atoms with Crippen LogP contribution >= 0.6 is 46.4 Å². The maximum atomic E-state index is 12.5. The van der Waals surface area contributed by atoms with Crippen LogP contribution in [0.25, 0.3) is 0 Å². The first-order valence-electron chi connectivity index (χ1n) is 8.60. The van der Waals surface area contributed by atoms with Gasteiger partial charge in [-0.05, 0) is 54.6 Å². The van der Waals surface area contributed by atoms with E-state index in [2.05, 4.69) is 10.0 Å². The normalized spacial score (nSPS) is 11.1. The topological polar surface area (TPSA) is 84.5 Å². The van der Waals surface area contributed by atoms with E-state index in [1.54, 1.807) is 18.2 Å². The molecule has 31 heavy (non-hydrogen) atoms. The van der Waals surface area contributed by atoms with E-state index in [9.17, 15) is 13.2 Å². The fourth-order valence-electron chi connectivity index (χ4n) is 2.48. The van der Waals surface area contributed by atoms with Crippen LogP contribution in [0.15, 0.2) is 65.6 Å². The first-order valence-corrected chi connectivity index (χ1v) is 11.6. The number of nitrogens with one attached hydrogen (secondary N) is 2.